The van der Waals surface area contributed by atoms with Gasteiger partial charge in [-0.3, -0.25) is 4.79 Å². The summed E-state index contributed by atoms with van der Waals surface area (Å²) in [7, 11) is 0. The highest BCUT2D eigenvalue weighted by Crippen LogP contribution is 2.05. The summed E-state index contributed by atoms with van der Waals surface area (Å²) in [5.74, 6) is 0.624. The van der Waals surface area contributed by atoms with Crippen molar-refractivity contribution in [3.05, 3.63) is 39.8 Å². The topological polar surface area (TPSA) is 32.9 Å². The molecule has 0 saturated heterocycles. The molecule has 1 aromatic rings. The number of allylic oxidation sites excluding steroid dienone is 1. The number of halogens is 1. The molecule has 0 aliphatic carbocycles. The van der Waals surface area contributed by atoms with Crippen LogP contribution in [0.2, 0.25) is 0 Å². The molecule has 0 aliphatic heterocycles. The third-order valence-corrected chi connectivity index (χ3v) is 1.96. The average Bonchev–Trinajstić information content (AvgIpc) is 2.09. The van der Waals surface area contributed by atoms with Crippen molar-refractivity contribution in [2.75, 3.05) is 5.88 Å². The molecular formula is C10H12ClNO. The maximum Gasteiger partial charge on any atom is 0.248 e. The zero-order valence-electron chi connectivity index (χ0n) is 7.51. The van der Waals surface area contributed by atoms with E-state index in [9.17, 15) is 4.79 Å². The number of aromatic amines is 1. The summed E-state index contributed by atoms with van der Waals surface area (Å²) < 4.78 is 0. The Balaban J connectivity index is 2.83. The molecule has 1 N–H and O–H groups in total. The summed E-state index contributed by atoms with van der Waals surface area (Å²) in [4.78, 5) is 13.5. The minimum absolute atomic E-state index is 0.0630. The number of nitrogens with one attached hydrogen (secondary N) is 1. The van der Waals surface area contributed by atoms with E-state index >= 15 is 0 Å². The first-order valence-corrected chi connectivity index (χ1v) is 4.69. The van der Waals surface area contributed by atoms with E-state index in [4.69, 9.17) is 11.6 Å². The Bertz CT molecular complexity index is 354. The number of alkyl halides is 1. The number of aryl methyl sites for hydroxylation is 1. The maximum absolute atomic E-state index is 10.9. The van der Waals surface area contributed by atoms with Gasteiger partial charge in [-0.05, 0) is 24.5 Å². The predicted molar refractivity (Wildman–Crippen MR) is 56.2 cm³/mol. The second-order valence-corrected chi connectivity index (χ2v) is 3.19. The largest absolute Gasteiger partial charge is 0.328 e. The lowest BCUT2D eigenvalue weighted by Crippen LogP contribution is -2.04. The van der Waals surface area contributed by atoms with Gasteiger partial charge >= 0.3 is 0 Å². The highest BCUT2D eigenvalue weighted by Gasteiger charge is 1.93. The van der Waals surface area contributed by atoms with E-state index in [1.54, 1.807) is 12.3 Å². The van der Waals surface area contributed by atoms with E-state index < -0.39 is 0 Å². The number of hydrogen-bond donors (Lipinski definition) is 1. The molecule has 0 aromatic carbocycles. The lowest BCUT2D eigenvalue weighted by Gasteiger charge is -1.97. The van der Waals surface area contributed by atoms with Gasteiger partial charge in [0.15, 0.2) is 0 Å². The zero-order valence-corrected chi connectivity index (χ0v) is 8.27. The van der Waals surface area contributed by atoms with Gasteiger partial charge < -0.3 is 4.98 Å². The van der Waals surface area contributed by atoms with Crippen molar-refractivity contribution in [1.29, 1.82) is 0 Å². The molecule has 0 bridgehead atoms. The van der Waals surface area contributed by atoms with Crippen LogP contribution in [0.5, 0.6) is 0 Å². The SMILES string of the molecule is Cc1cc(=O)[nH]cc1C=CCCCl. The fourth-order valence-electron chi connectivity index (χ4n) is 1.04. The van der Waals surface area contributed by atoms with E-state index in [1.807, 2.05) is 19.1 Å². The van der Waals surface area contributed by atoms with Crippen molar-refractivity contribution in [1.82, 2.24) is 4.98 Å². The number of aromatic nitrogens is 1. The lowest BCUT2D eigenvalue weighted by atomic mass is 10.1. The van der Waals surface area contributed by atoms with Crippen LogP contribution < -0.4 is 5.56 Å². The van der Waals surface area contributed by atoms with Crippen molar-refractivity contribution in [2.24, 2.45) is 0 Å². The molecule has 0 unspecified atom stereocenters. The average molecular weight is 198 g/mol. The van der Waals surface area contributed by atoms with Gasteiger partial charge in [-0.25, -0.2) is 0 Å². The minimum atomic E-state index is -0.0630. The van der Waals surface area contributed by atoms with Crippen molar-refractivity contribution in [3.8, 4) is 0 Å². The first kappa shape index (κ1) is 10.1. The van der Waals surface area contributed by atoms with Crippen LogP contribution in [-0.4, -0.2) is 10.9 Å². The molecule has 1 aromatic heterocycles. The summed E-state index contributed by atoms with van der Waals surface area (Å²) >= 11 is 5.52. The fraction of sp³-hybridized carbons (Fsp3) is 0.300. The summed E-state index contributed by atoms with van der Waals surface area (Å²) in [5.41, 5.74) is 1.95. The van der Waals surface area contributed by atoms with Gasteiger partial charge in [-0.15, -0.1) is 11.6 Å². The molecule has 2 nitrogen and oxygen atoms in total. The summed E-state index contributed by atoms with van der Waals surface area (Å²) in [6, 6.07) is 1.58. The first-order valence-electron chi connectivity index (χ1n) is 4.16. The Morgan fingerprint density at radius 1 is 1.62 bits per heavy atom. The van der Waals surface area contributed by atoms with Gasteiger partial charge in [-0.2, -0.15) is 0 Å². The third kappa shape index (κ3) is 3.07. The van der Waals surface area contributed by atoms with Crippen molar-refractivity contribution in [3.63, 3.8) is 0 Å². The molecule has 0 atom stereocenters. The molecule has 0 spiro atoms. The quantitative estimate of drug-likeness (QED) is 0.742. The zero-order chi connectivity index (χ0) is 9.68. The number of hydrogen-bond acceptors (Lipinski definition) is 1. The molecule has 0 fully saturated rings. The van der Waals surface area contributed by atoms with Gasteiger partial charge in [0.25, 0.3) is 0 Å². The Hall–Kier alpha value is -1.02. The molecule has 1 heterocycles. The maximum atomic E-state index is 10.9. The Labute approximate surface area is 82.3 Å². The van der Waals surface area contributed by atoms with Crippen LogP contribution in [0.25, 0.3) is 6.08 Å². The highest BCUT2D eigenvalue weighted by atomic mass is 35.5. The van der Waals surface area contributed by atoms with E-state index in [1.165, 1.54) is 0 Å². The molecule has 13 heavy (non-hydrogen) atoms. The van der Waals surface area contributed by atoms with Crippen LogP contribution in [0, 0.1) is 6.92 Å². The standard InChI is InChI=1S/C10H12ClNO/c1-8-6-10(13)12-7-9(8)4-2-3-5-11/h2,4,6-7H,3,5H2,1H3,(H,12,13). The Morgan fingerprint density at radius 2 is 2.38 bits per heavy atom. The number of H-pyrrole nitrogens is 1. The van der Waals surface area contributed by atoms with Crippen molar-refractivity contribution < 1.29 is 0 Å². The van der Waals surface area contributed by atoms with Gasteiger partial charge in [0, 0.05) is 18.1 Å². The minimum Gasteiger partial charge on any atom is -0.328 e. The summed E-state index contributed by atoms with van der Waals surface area (Å²) in [6.45, 7) is 1.91. The Morgan fingerprint density at radius 3 is 3.00 bits per heavy atom. The molecule has 3 heteroatoms. The van der Waals surface area contributed by atoms with E-state index in [2.05, 4.69) is 4.98 Å². The van der Waals surface area contributed by atoms with Crippen LogP contribution in [0.15, 0.2) is 23.1 Å². The van der Waals surface area contributed by atoms with Crippen molar-refractivity contribution in [2.45, 2.75) is 13.3 Å². The van der Waals surface area contributed by atoms with Gasteiger partial charge in [0.1, 0.15) is 0 Å². The predicted octanol–water partition coefficient (Wildman–Crippen LogP) is 2.33. The second-order valence-electron chi connectivity index (χ2n) is 2.82. The van der Waals surface area contributed by atoms with E-state index in [0.717, 1.165) is 17.5 Å². The number of rotatable bonds is 3. The highest BCUT2D eigenvalue weighted by molar-refractivity contribution is 6.17. The smallest absolute Gasteiger partial charge is 0.248 e. The van der Waals surface area contributed by atoms with Crippen LogP contribution in [-0.2, 0) is 0 Å². The molecule has 0 amide bonds. The van der Waals surface area contributed by atoms with E-state index in [0.29, 0.717) is 5.88 Å². The molecule has 0 aliphatic rings. The first-order chi connectivity index (χ1) is 6.24. The normalized spacial score (nSPS) is 10.9. The van der Waals surface area contributed by atoms with Gasteiger partial charge in [-0.1, -0.05) is 12.2 Å². The third-order valence-electron chi connectivity index (χ3n) is 1.75. The molecule has 0 saturated carbocycles. The monoisotopic (exact) mass is 197 g/mol. The van der Waals surface area contributed by atoms with Crippen molar-refractivity contribution >= 4 is 17.7 Å². The molecular weight excluding hydrogens is 186 g/mol. The van der Waals surface area contributed by atoms with Gasteiger partial charge in [0.2, 0.25) is 5.56 Å². The van der Waals surface area contributed by atoms with Gasteiger partial charge in [0.05, 0.1) is 0 Å². The van der Waals surface area contributed by atoms with Crippen LogP contribution in [0.3, 0.4) is 0 Å². The molecule has 1 rings (SSSR count). The fourth-order valence-corrected chi connectivity index (χ4v) is 1.16. The number of pyridine rings is 1. The summed E-state index contributed by atoms with van der Waals surface area (Å²) in [6.07, 6.45) is 6.52. The summed E-state index contributed by atoms with van der Waals surface area (Å²) in [5, 5.41) is 0. The molecule has 70 valence electrons. The lowest BCUT2D eigenvalue weighted by molar-refractivity contribution is 1.19. The van der Waals surface area contributed by atoms with Crippen LogP contribution in [0.1, 0.15) is 17.5 Å². The Kier molecular flexibility index (Phi) is 3.77. The van der Waals surface area contributed by atoms with Crippen LogP contribution >= 0.6 is 11.6 Å². The molecule has 0 radical (unpaired) electrons. The second kappa shape index (κ2) is 4.87. The van der Waals surface area contributed by atoms with E-state index in [-0.39, 0.29) is 5.56 Å². The van der Waals surface area contributed by atoms with Crippen LogP contribution in [0.4, 0.5) is 0 Å².